The molecule has 0 aliphatic heterocycles. The molecule has 0 aliphatic carbocycles. The van der Waals surface area contributed by atoms with E-state index in [1.807, 2.05) is 12.1 Å². The van der Waals surface area contributed by atoms with E-state index < -0.39 is 0 Å². The molecule has 1 aromatic heterocycles. The molecule has 0 unspecified atom stereocenters. The van der Waals surface area contributed by atoms with E-state index >= 15 is 0 Å². The highest BCUT2D eigenvalue weighted by molar-refractivity contribution is 5.83. The van der Waals surface area contributed by atoms with E-state index in [1.165, 1.54) is 0 Å². The number of rotatable bonds is 5. The molecule has 0 fully saturated rings. The van der Waals surface area contributed by atoms with Crippen molar-refractivity contribution in [2.75, 3.05) is 6.54 Å². The predicted molar refractivity (Wildman–Crippen MR) is 72.3 cm³/mol. The van der Waals surface area contributed by atoms with Gasteiger partial charge in [0.2, 0.25) is 0 Å². The maximum absolute atomic E-state index is 14.0. The van der Waals surface area contributed by atoms with E-state index in [0.717, 1.165) is 36.1 Å². The van der Waals surface area contributed by atoms with Gasteiger partial charge in [-0.15, -0.1) is 0 Å². The summed E-state index contributed by atoms with van der Waals surface area (Å²) in [4.78, 5) is 0. The summed E-state index contributed by atoms with van der Waals surface area (Å²) >= 11 is 0. The highest BCUT2D eigenvalue weighted by atomic mass is 19.1. The third-order valence-electron chi connectivity index (χ3n) is 3.24. The summed E-state index contributed by atoms with van der Waals surface area (Å²) in [6.07, 6.45) is 1.94. The molecule has 0 atom stereocenters. The highest BCUT2D eigenvalue weighted by Crippen LogP contribution is 2.29. The first-order chi connectivity index (χ1) is 8.69. The fourth-order valence-corrected chi connectivity index (χ4v) is 2.24. The topological polar surface area (TPSA) is 25.2 Å². The lowest BCUT2D eigenvalue weighted by molar-refractivity contribution is 0.489. The quantitative estimate of drug-likeness (QED) is 0.812. The van der Waals surface area contributed by atoms with Gasteiger partial charge in [0.15, 0.2) is 11.4 Å². The van der Waals surface area contributed by atoms with Crippen molar-refractivity contribution >= 4 is 11.0 Å². The van der Waals surface area contributed by atoms with Crippen molar-refractivity contribution in [3.63, 3.8) is 0 Å². The van der Waals surface area contributed by atoms with Crippen LogP contribution in [-0.2, 0) is 13.0 Å². The average Bonchev–Trinajstić information content (AvgIpc) is 2.73. The molecule has 0 saturated heterocycles. The molecule has 2 aromatic rings. The zero-order valence-corrected chi connectivity index (χ0v) is 11.3. The summed E-state index contributed by atoms with van der Waals surface area (Å²) in [7, 11) is 0. The van der Waals surface area contributed by atoms with Crippen LogP contribution in [0.5, 0.6) is 0 Å². The van der Waals surface area contributed by atoms with E-state index in [1.54, 1.807) is 6.92 Å². The lowest BCUT2D eigenvalue weighted by atomic mass is 10.1. The van der Waals surface area contributed by atoms with Gasteiger partial charge in [-0.2, -0.15) is 0 Å². The molecular weight excluding hydrogens is 229 g/mol. The van der Waals surface area contributed by atoms with Gasteiger partial charge in [0.05, 0.1) is 6.54 Å². The van der Waals surface area contributed by atoms with Crippen molar-refractivity contribution in [1.29, 1.82) is 0 Å². The molecule has 98 valence electrons. The number of hydrogen-bond donors (Lipinski definition) is 1. The molecule has 3 heteroatoms. The Balaban J connectivity index is 2.44. The van der Waals surface area contributed by atoms with Gasteiger partial charge in [-0.25, -0.2) is 4.39 Å². The van der Waals surface area contributed by atoms with Gasteiger partial charge < -0.3 is 9.73 Å². The Morgan fingerprint density at radius 3 is 2.72 bits per heavy atom. The minimum atomic E-state index is -0.232. The molecular formula is C15H20FNO. The molecule has 0 amide bonds. The van der Waals surface area contributed by atoms with E-state index in [2.05, 4.69) is 19.2 Å². The third-order valence-corrected chi connectivity index (χ3v) is 3.24. The zero-order valence-electron chi connectivity index (χ0n) is 11.3. The molecule has 0 radical (unpaired) electrons. The second-order valence-corrected chi connectivity index (χ2v) is 4.61. The number of furan rings is 1. The van der Waals surface area contributed by atoms with Gasteiger partial charge in [0, 0.05) is 10.9 Å². The van der Waals surface area contributed by atoms with Crippen LogP contribution in [0.4, 0.5) is 4.39 Å². The summed E-state index contributed by atoms with van der Waals surface area (Å²) in [6, 6.07) is 3.77. The largest absolute Gasteiger partial charge is 0.456 e. The monoisotopic (exact) mass is 249 g/mol. The third kappa shape index (κ3) is 2.27. The molecule has 0 spiro atoms. The van der Waals surface area contributed by atoms with Gasteiger partial charge in [-0.05, 0) is 31.9 Å². The Labute approximate surface area is 107 Å². The lowest BCUT2D eigenvalue weighted by Crippen LogP contribution is -2.14. The second-order valence-electron chi connectivity index (χ2n) is 4.61. The fraction of sp³-hybridized carbons (Fsp3) is 0.467. The molecule has 0 bridgehead atoms. The van der Waals surface area contributed by atoms with E-state index in [9.17, 15) is 4.39 Å². The van der Waals surface area contributed by atoms with Gasteiger partial charge in [0.25, 0.3) is 0 Å². The maximum Gasteiger partial charge on any atom is 0.170 e. The molecule has 1 heterocycles. The first-order valence-electron chi connectivity index (χ1n) is 6.59. The standard InChI is InChI=1S/C15H20FNO/c1-4-8-17-9-13-11(5-2)12-7-6-10(3)14(16)15(12)18-13/h6-7,17H,4-5,8-9H2,1-3H3. The Morgan fingerprint density at radius 1 is 1.28 bits per heavy atom. The average molecular weight is 249 g/mol. The van der Waals surface area contributed by atoms with Crippen LogP contribution in [0.2, 0.25) is 0 Å². The summed E-state index contributed by atoms with van der Waals surface area (Å²) in [5.41, 5.74) is 2.15. The summed E-state index contributed by atoms with van der Waals surface area (Å²) in [6.45, 7) is 7.57. The summed E-state index contributed by atoms with van der Waals surface area (Å²) in [5.74, 6) is 0.634. The normalized spacial score (nSPS) is 11.3. The first kappa shape index (κ1) is 13.1. The van der Waals surface area contributed by atoms with Crippen LogP contribution in [-0.4, -0.2) is 6.54 Å². The van der Waals surface area contributed by atoms with Crippen molar-refractivity contribution in [1.82, 2.24) is 5.32 Å². The van der Waals surface area contributed by atoms with Crippen molar-refractivity contribution in [3.05, 3.63) is 34.8 Å². The number of aryl methyl sites for hydroxylation is 2. The summed E-state index contributed by atoms with van der Waals surface area (Å²) < 4.78 is 19.7. The molecule has 0 saturated carbocycles. The Morgan fingerprint density at radius 2 is 2.06 bits per heavy atom. The number of benzene rings is 1. The Hall–Kier alpha value is -1.35. The van der Waals surface area contributed by atoms with Crippen LogP contribution in [0.15, 0.2) is 16.5 Å². The molecule has 0 aliphatic rings. The van der Waals surface area contributed by atoms with E-state index in [0.29, 0.717) is 17.7 Å². The maximum atomic E-state index is 14.0. The smallest absolute Gasteiger partial charge is 0.170 e. The van der Waals surface area contributed by atoms with E-state index in [-0.39, 0.29) is 5.82 Å². The Kier molecular flexibility index (Phi) is 4.02. The molecule has 1 N–H and O–H groups in total. The summed E-state index contributed by atoms with van der Waals surface area (Å²) in [5, 5.41) is 4.22. The Bertz CT molecular complexity index is 545. The van der Waals surface area contributed by atoms with Crippen LogP contribution in [0, 0.1) is 12.7 Å². The number of hydrogen-bond acceptors (Lipinski definition) is 2. The second kappa shape index (κ2) is 5.53. The zero-order chi connectivity index (χ0) is 13.1. The van der Waals surface area contributed by atoms with Crippen molar-refractivity contribution < 1.29 is 8.81 Å². The first-order valence-corrected chi connectivity index (χ1v) is 6.59. The number of nitrogens with one attached hydrogen (secondary N) is 1. The number of fused-ring (bicyclic) bond motifs is 1. The van der Waals surface area contributed by atoms with Crippen molar-refractivity contribution in [2.24, 2.45) is 0 Å². The van der Waals surface area contributed by atoms with Gasteiger partial charge in [0.1, 0.15) is 5.76 Å². The van der Waals surface area contributed by atoms with Gasteiger partial charge >= 0.3 is 0 Å². The minimum absolute atomic E-state index is 0.232. The molecule has 2 nitrogen and oxygen atoms in total. The van der Waals surface area contributed by atoms with Crippen LogP contribution >= 0.6 is 0 Å². The van der Waals surface area contributed by atoms with Crippen LogP contribution in [0.1, 0.15) is 37.2 Å². The van der Waals surface area contributed by atoms with Crippen molar-refractivity contribution in [2.45, 2.75) is 40.2 Å². The van der Waals surface area contributed by atoms with Gasteiger partial charge in [-0.3, -0.25) is 0 Å². The highest BCUT2D eigenvalue weighted by Gasteiger charge is 2.16. The number of halogens is 1. The van der Waals surface area contributed by atoms with Crippen LogP contribution < -0.4 is 5.32 Å². The van der Waals surface area contributed by atoms with Gasteiger partial charge in [-0.1, -0.05) is 26.0 Å². The fourth-order valence-electron chi connectivity index (χ4n) is 2.24. The molecule has 18 heavy (non-hydrogen) atoms. The lowest BCUT2D eigenvalue weighted by Gasteiger charge is -2.01. The van der Waals surface area contributed by atoms with Crippen molar-refractivity contribution in [3.8, 4) is 0 Å². The van der Waals surface area contributed by atoms with Crippen LogP contribution in [0.3, 0.4) is 0 Å². The van der Waals surface area contributed by atoms with E-state index in [4.69, 9.17) is 4.42 Å². The minimum Gasteiger partial charge on any atom is -0.456 e. The SMILES string of the molecule is CCCNCc1oc2c(F)c(C)ccc2c1CC. The van der Waals surface area contributed by atoms with Crippen LogP contribution in [0.25, 0.3) is 11.0 Å². The molecule has 1 aromatic carbocycles. The molecule has 2 rings (SSSR count). The predicted octanol–water partition coefficient (Wildman–Crippen LogP) is 3.94.